The van der Waals surface area contributed by atoms with E-state index in [0.29, 0.717) is 12.2 Å². The molecule has 2 aromatic rings. The van der Waals surface area contributed by atoms with Crippen LogP contribution in [0.15, 0.2) is 36.4 Å². The van der Waals surface area contributed by atoms with Gasteiger partial charge in [-0.2, -0.15) is 0 Å². The molecule has 2 aromatic carbocycles. The Morgan fingerprint density at radius 3 is 2.61 bits per heavy atom. The highest BCUT2D eigenvalue weighted by Gasteiger charge is 2.03. The van der Waals surface area contributed by atoms with Crippen molar-refractivity contribution in [2.45, 2.75) is 20.4 Å². The fourth-order valence-electron chi connectivity index (χ4n) is 1.82. The minimum absolute atomic E-state index is 0.229. The molecule has 18 heavy (non-hydrogen) atoms. The molecule has 2 rings (SSSR count). The van der Waals surface area contributed by atoms with Gasteiger partial charge in [0.15, 0.2) is 0 Å². The topological polar surface area (TPSA) is 12.0 Å². The van der Waals surface area contributed by atoms with Gasteiger partial charge in [0.1, 0.15) is 5.82 Å². The predicted molar refractivity (Wildman–Crippen MR) is 74.7 cm³/mol. The lowest BCUT2D eigenvalue weighted by Gasteiger charge is -2.10. The van der Waals surface area contributed by atoms with Gasteiger partial charge in [-0.25, -0.2) is 4.39 Å². The summed E-state index contributed by atoms with van der Waals surface area (Å²) < 4.78 is 13.6. The van der Waals surface area contributed by atoms with E-state index in [-0.39, 0.29) is 5.82 Å². The average molecular weight is 264 g/mol. The summed E-state index contributed by atoms with van der Waals surface area (Å²) >= 11 is 5.90. The van der Waals surface area contributed by atoms with Crippen molar-refractivity contribution >= 4 is 17.3 Å². The van der Waals surface area contributed by atoms with E-state index < -0.39 is 0 Å². The smallest absolute Gasteiger partial charge is 0.146 e. The Morgan fingerprint density at radius 1 is 1.11 bits per heavy atom. The van der Waals surface area contributed by atoms with Crippen LogP contribution >= 0.6 is 11.6 Å². The van der Waals surface area contributed by atoms with Gasteiger partial charge in [0.2, 0.25) is 0 Å². The maximum absolute atomic E-state index is 13.6. The van der Waals surface area contributed by atoms with Gasteiger partial charge < -0.3 is 5.32 Å². The van der Waals surface area contributed by atoms with Crippen molar-refractivity contribution in [1.82, 2.24) is 0 Å². The van der Waals surface area contributed by atoms with Crippen LogP contribution in [0, 0.1) is 19.7 Å². The van der Waals surface area contributed by atoms with Gasteiger partial charge >= 0.3 is 0 Å². The molecule has 0 bridgehead atoms. The number of hydrogen-bond acceptors (Lipinski definition) is 1. The largest absolute Gasteiger partial charge is 0.379 e. The molecule has 94 valence electrons. The summed E-state index contributed by atoms with van der Waals surface area (Å²) in [5.74, 6) is -0.229. The summed E-state index contributed by atoms with van der Waals surface area (Å²) in [6.45, 7) is 4.52. The summed E-state index contributed by atoms with van der Waals surface area (Å²) in [7, 11) is 0. The highest BCUT2D eigenvalue weighted by Crippen LogP contribution is 2.19. The molecule has 0 aromatic heterocycles. The van der Waals surface area contributed by atoms with Crippen molar-refractivity contribution in [2.75, 3.05) is 5.32 Å². The van der Waals surface area contributed by atoms with Gasteiger partial charge in [0.05, 0.1) is 5.69 Å². The lowest BCUT2D eigenvalue weighted by molar-refractivity contribution is 0.629. The monoisotopic (exact) mass is 263 g/mol. The Morgan fingerprint density at radius 2 is 1.89 bits per heavy atom. The number of benzene rings is 2. The van der Waals surface area contributed by atoms with Crippen LogP contribution in [0.5, 0.6) is 0 Å². The molecule has 0 aliphatic rings. The van der Waals surface area contributed by atoms with Gasteiger partial charge in [-0.15, -0.1) is 0 Å². The maximum atomic E-state index is 13.6. The van der Waals surface area contributed by atoms with Crippen molar-refractivity contribution in [3.8, 4) is 0 Å². The predicted octanol–water partition coefficient (Wildman–Crippen LogP) is 4.71. The van der Waals surface area contributed by atoms with Gasteiger partial charge in [-0.1, -0.05) is 23.7 Å². The van der Waals surface area contributed by atoms with E-state index in [1.165, 1.54) is 6.07 Å². The molecule has 3 heteroatoms. The van der Waals surface area contributed by atoms with Gasteiger partial charge in [-0.05, 0) is 54.8 Å². The zero-order chi connectivity index (χ0) is 13.1. The van der Waals surface area contributed by atoms with Crippen molar-refractivity contribution in [3.05, 3.63) is 63.9 Å². The van der Waals surface area contributed by atoms with Crippen molar-refractivity contribution < 1.29 is 4.39 Å². The number of halogens is 2. The molecule has 0 amide bonds. The Balaban J connectivity index is 2.13. The average Bonchev–Trinajstić information content (AvgIpc) is 2.32. The highest BCUT2D eigenvalue weighted by atomic mass is 35.5. The van der Waals surface area contributed by atoms with Crippen molar-refractivity contribution in [1.29, 1.82) is 0 Å². The van der Waals surface area contributed by atoms with E-state index in [2.05, 4.69) is 5.32 Å². The van der Waals surface area contributed by atoms with E-state index in [1.807, 2.05) is 32.0 Å². The molecule has 0 unspecified atom stereocenters. The molecule has 0 aliphatic heterocycles. The van der Waals surface area contributed by atoms with Gasteiger partial charge in [0.25, 0.3) is 0 Å². The minimum Gasteiger partial charge on any atom is -0.379 e. The standard InChI is InChI=1S/C15H15ClFN/c1-10-3-6-14(17)15(7-10)18-9-12-4-5-13(16)8-11(12)2/h3-8,18H,9H2,1-2H3. The van der Waals surface area contributed by atoms with Crippen LogP contribution in [0.2, 0.25) is 5.02 Å². The molecule has 0 atom stereocenters. The molecular formula is C15H15ClFN. The molecule has 0 saturated carbocycles. The lowest BCUT2D eigenvalue weighted by Crippen LogP contribution is -2.03. The second kappa shape index (κ2) is 5.40. The molecule has 0 radical (unpaired) electrons. The molecule has 0 heterocycles. The fourth-order valence-corrected chi connectivity index (χ4v) is 2.05. The Bertz CT molecular complexity index is 566. The van der Waals surface area contributed by atoms with Crippen LogP contribution in [-0.2, 0) is 6.54 Å². The summed E-state index contributed by atoms with van der Waals surface area (Å²) in [6.07, 6.45) is 0. The molecule has 1 N–H and O–H groups in total. The van der Waals surface area contributed by atoms with Crippen molar-refractivity contribution in [3.63, 3.8) is 0 Å². The first-order valence-electron chi connectivity index (χ1n) is 5.81. The fraction of sp³-hybridized carbons (Fsp3) is 0.200. The zero-order valence-electron chi connectivity index (χ0n) is 10.4. The Kier molecular flexibility index (Phi) is 3.87. The first-order valence-corrected chi connectivity index (χ1v) is 6.19. The molecule has 0 fully saturated rings. The number of anilines is 1. The second-order valence-corrected chi connectivity index (χ2v) is 4.84. The molecular weight excluding hydrogens is 249 g/mol. The van der Waals surface area contributed by atoms with Gasteiger partial charge in [-0.3, -0.25) is 0 Å². The minimum atomic E-state index is -0.229. The Hall–Kier alpha value is -1.54. The van der Waals surface area contributed by atoms with Crippen LogP contribution in [0.1, 0.15) is 16.7 Å². The summed E-state index contributed by atoms with van der Waals surface area (Å²) in [6, 6.07) is 10.8. The van der Waals surface area contributed by atoms with Crippen LogP contribution in [0.3, 0.4) is 0 Å². The van der Waals surface area contributed by atoms with E-state index >= 15 is 0 Å². The quantitative estimate of drug-likeness (QED) is 0.846. The van der Waals surface area contributed by atoms with E-state index in [4.69, 9.17) is 11.6 Å². The van der Waals surface area contributed by atoms with Crippen LogP contribution in [-0.4, -0.2) is 0 Å². The van der Waals surface area contributed by atoms with E-state index in [9.17, 15) is 4.39 Å². The molecule has 1 nitrogen and oxygen atoms in total. The second-order valence-electron chi connectivity index (χ2n) is 4.41. The van der Waals surface area contributed by atoms with Crippen LogP contribution < -0.4 is 5.32 Å². The van der Waals surface area contributed by atoms with Crippen LogP contribution in [0.4, 0.5) is 10.1 Å². The first kappa shape index (κ1) is 12.9. The molecule has 0 spiro atoms. The maximum Gasteiger partial charge on any atom is 0.146 e. The molecule has 0 saturated heterocycles. The number of hydrogen-bond donors (Lipinski definition) is 1. The summed E-state index contributed by atoms with van der Waals surface area (Å²) in [5, 5.41) is 3.83. The number of aryl methyl sites for hydroxylation is 2. The Labute approximate surface area is 112 Å². The highest BCUT2D eigenvalue weighted by molar-refractivity contribution is 6.30. The van der Waals surface area contributed by atoms with Crippen molar-refractivity contribution in [2.24, 2.45) is 0 Å². The first-order chi connectivity index (χ1) is 8.56. The van der Waals surface area contributed by atoms with E-state index in [0.717, 1.165) is 21.7 Å². The van der Waals surface area contributed by atoms with Crippen LogP contribution in [0.25, 0.3) is 0 Å². The SMILES string of the molecule is Cc1ccc(F)c(NCc2ccc(Cl)cc2C)c1. The lowest BCUT2D eigenvalue weighted by atomic mass is 10.1. The normalized spacial score (nSPS) is 10.4. The summed E-state index contributed by atoms with van der Waals surface area (Å²) in [5.41, 5.74) is 3.78. The third kappa shape index (κ3) is 3.02. The third-order valence-corrected chi connectivity index (χ3v) is 3.13. The third-order valence-electron chi connectivity index (χ3n) is 2.90. The molecule has 0 aliphatic carbocycles. The van der Waals surface area contributed by atoms with Gasteiger partial charge in [0, 0.05) is 11.6 Å². The number of nitrogens with one attached hydrogen (secondary N) is 1. The van der Waals surface area contributed by atoms with E-state index in [1.54, 1.807) is 12.1 Å². The summed E-state index contributed by atoms with van der Waals surface area (Å²) in [4.78, 5) is 0. The zero-order valence-corrected chi connectivity index (χ0v) is 11.2. The number of rotatable bonds is 3.